The van der Waals surface area contributed by atoms with Crippen LogP contribution in [0.3, 0.4) is 0 Å². The van der Waals surface area contributed by atoms with Crippen molar-refractivity contribution < 1.29 is 9.26 Å². The van der Waals surface area contributed by atoms with Crippen LogP contribution in [0.5, 0.6) is 0 Å². The van der Waals surface area contributed by atoms with Crippen LogP contribution in [-0.4, -0.2) is 26.7 Å². The zero-order valence-electron chi connectivity index (χ0n) is 9.51. The third-order valence-corrected chi connectivity index (χ3v) is 3.12. The van der Waals surface area contributed by atoms with Crippen molar-refractivity contribution in [1.29, 1.82) is 0 Å². The molecule has 0 fully saturated rings. The molecule has 90 valence electrons. The van der Waals surface area contributed by atoms with Gasteiger partial charge in [-0.15, -0.1) is 0 Å². The van der Waals surface area contributed by atoms with E-state index in [-0.39, 0.29) is 0 Å². The van der Waals surface area contributed by atoms with Crippen molar-refractivity contribution in [3.63, 3.8) is 0 Å². The Labute approximate surface area is 102 Å². The van der Waals surface area contributed by atoms with Crippen LogP contribution in [0.1, 0.15) is 11.3 Å². The number of hydrogen-bond acceptors (Lipinski definition) is 5. The molecule has 1 N–H and O–H groups in total. The molecule has 6 nitrogen and oxygen atoms in total. The average molecular weight is 242 g/mol. The minimum absolute atomic E-state index is 0.570. The van der Waals surface area contributed by atoms with E-state index >= 15 is 0 Å². The fourth-order valence-electron chi connectivity index (χ4n) is 2.23. The second kappa shape index (κ2) is 3.64. The van der Waals surface area contributed by atoms with Crippen LogP contribution in [0.15, 0.2) is 23.0 Å². The molecule has 0 saturated carbocycles. The lowest BCUT2D eigenvalue weighted by Crippen LogP contribution is -2.11. The topological polar surface area (TPSA) is 76.8 Å². The van der Waals surface area contributed by atoms with Gasteiger partial charge in [0.1, 0.15) is 0 Å². The van der Waals surface area contributed by atoms with Crippen LogP contribution >= 0.6 is 0 Å². The molecule has 6 heteroatoms. The Kier molecular flexibility index (Phi) is 1.98. The standard InChI is InChI=1S/C12H10N4O2/c1-3-14-18-10(1)12-15-9-5-13-8-2-4-17-6-7(8)11(9)16-12/h1,3,5H,2,4,6H2,(H,15,16). The maximum absolute atomic E-state index is 5.47. The van der Waals surface area contributed by atoms with Crippen molar-refractivity contribution in [2.75, 3.05) is 6.61 Å². The van der Waals surface area contributed by atoms with E-state index in [9.17, 15) is 0 Å². The van der Waals surface area contributed by atoms with Gasteiger partial charge >= 0.3 is 0 Å². The van der Waals surface area contributed by atoms with Gasteiger partial charge in [-0.1, -0.05) is 5.16 Å². The van der Waals surface area contributed by atoms with Crippen molar-refractivity contribution in [2.45, 2.75) is 13.0 Å². The molecular formula is C12H10N4O2. The number of nitrogens with one attached hydrogen (secondary N) is 1. The summed E-state index contributed by atoms with van der Waals surface area (Å²) in [6.45, 7) is 1.30. The number of fused-ring (bicyclic) bond motifs is 3. The Hall–Kier alpha value is -2.21. The van der Waals surface area contributed by atoms with E-state index in [0.29, 0.717) is 18.2 Å². The summed E-state index contributed by atoms with van der Waals surface area (Å²) in [5, 5.41) is 3.68. The van der Waals surface area contributed by atoms with Crippen LogP contribution in [0.25, 0.3) is 22.6 Å². The number of hydrogen-bond donors (Lipinski definition) is 1. The van der Waals surface area contributed by atoms with Gasteiger partial charge in [-0.05, 0) is 0 Å². The van der Waals surface area contributed by atoms with E-state index in [1.165, 1.54) is 0 Å². The smallest absolute Gasteiger partial charge is 0.202 e. The van der Waals surface area contributed by atoms with Crippen LogP contribution in [-0.2, 0) is 17.8 Å². The largest absolute Gasteiger partial charge is 0.376 e. The fourth-order valence-corrected chi connectivity index (χ4v) is 2.23. The second-order valence-corrected chi connectivity index (χ2v) is 4.21. The second-order valence-electron chi connectivity index (χ2n) is 4.21. The number of nitrogens with zero attached hydrogens (tertiary/aromatic N) is 3. The van der Waals surface area contributed by atoms with Crippen molar-refractivity contribution in [3.05, 3.63) is 29.7 Å². The summed E-state index contributed by atoms with van der Waals surface area (Å²) in [7, 11) is 0. The highest BCUT2D eigenvalue weighted by Gasteiger charge is 2.18. The predicted octanol–water partition coefficient (Wildman–Crippen LogP) is 1.69. The molecule has 3 aromatic heterocycles. The Morgan fingerprint density at radius 3 is 3.22 bits per heavy atom. The summed E-state index contributed by atoms with van der Waals surface area (Å²) >= 11 is 0. The van der Waals surface area contributed by atoms with Gasteiger partial charge in [0.15, 0.2) is 5.82 Å². The first-order valence-corrected chi connectivity index (χ1v) is 5.77. The van der Waals surface area contributed by atoms with Crippen molar-refractivity contribution in [1.82, 2.24) is 20.1 Å². The van der Waals surface area contributed by atoms with Crippen LogP contribution < -0.4 is 0 Å². The predicted molar refractivity (Wildman–Crippen MR) is 62.7 cm³/mol. The first-order valence-electron chi connectivity index (χ1n) is 5.77. The first-order chi connectivity index (χ1) is 8.92. The lowest BCUT2D eigenvalue weighted by molar-refractivity contribution is 0.110. The lowest BCUT2D eigenvalue weighted by Gasteiger charge is -2.14. The van der Waals surface area contributed by atoms with E-state index in [4.69, 9.17) is 9.26 Å². The summed E-state index contributed by atoms with van der Waals surface area (Å²) in [6, 6.07) is 1.77. The molecule has 0 amide bonds. The quantitative estimate of drug-likeness (QED) is 0.702. The number of ether oxygens (including phenoxy) is 1. The van der Waals surface area contributed by atoms with E-state index in [2.05, 4.69) is 20.1 Å². The minimum atomic E-state index is 0.570. The molecule has 4 heterocycles. The molecule has 18 heavy (non-hydrogen) atoms. The van der Waals surface area contributed by atoms with E-state index in [1.54, 1.807) is 12.3 Å². The van der Waals surface area contributed by atoms with E-state index < -0.39 is 0 Å². The molecule has 0 spiro atoms. The Balaban J connectivity index is 1.95. The number of aromatic nitrogens is 4. The van der Waals surface area contributed by atoms with E-state index in [1.807, 2.05) is 6.20 Å². The van der Waals surface area contributed by atoms with Gasteiger partial charge in [0, 0.05) is 18.1 Å². The molecule has 3 aromatic rings. The van der Waals surface area contributed by atoms with Crippen molar-refractivity contribution in [2.24, 2.45) is 0 Å². The highest BCUT2D eigenvalue weighted by Crippen LogP contribution is 2.26. The molecule has 0 saturated heterocycles. The lowest BCUT2D eigenvalue weighted by atomic mass is 10.1. The molecule has 0 bridgehead atoms. The van der Waals surface area contributed by atoms with Gasteiger partial charge in [-0.3, -0.25) is 4.98 Å². The number of H-pyrrole nitrogens is 1. The molecule has 0 atom stereocenters. The molecule has 0 unspecified atom stereocenters. The average Bonchev–Trinajstić information content (AvgIpc) is 3.07. The monoisotopic (exact) mass is 242 g/mol. The van der Waals surface area contributed by atoms with Gasteiger partial charge in [0.2, 0.25) is 5.76 Å². The third-order valence-electron chi connectivity index (χ3n) is 3.12. The normalized spacial score (nSPS) is 14.9. The summed E-state index contributed by atoms with van der Waals surface area (Å²) < 4.78 is 10.6. The molecule has 0 radical (unpaired) electrons. The van der Waals surface area contributed by atoms with Crippen LogP contribution in [0.4, 0.5) is 0 Å². The molecule has 1 aliphatic rings. The summed E-state index contributed by atoms with van der Waals surface area (Å²) in [4.78, 5) is 12.2. The molecule has 0 aromatic carbocycles. The molecular weight excluding hydrogens is 232 g/mol. The Morgan fingerprint density at radius 1 is 1.33 bits per heavy atom. The van der Waals surface area contributed by atoms with Crippen molar-refractivity contribution in [3.8, 4) is 11.6 Å². The van der Waals surface area contributed by atoms with E-state index in [0.717, 1.165) is 35.3 Å². The number of rotatable bonds is 1. The summed E-state index contributed by atoms with van der Waals surface area (Å²) in [5.74, 6) is 1.29. The van der Waals surface area contributed by atoms with Gasteiger partial charge < -0.3 is 14.2 Å². The number of aromatic amines is 1. The maximum atomic E-state index is 5.47. The highest BCUT2D eigenvalue weighted by molar-refractivity contribution is 5.81. The fraction of sp³-hybridized carbons (Fsp3) is 0.250. The Morgan fingerprint density at radius 2 is 2.33 bits per heavy atom. The minimum Gasteiger partial charge on any atom is -0.376 e. The number of imidazole rings is 1. The Bertz CT molecular complexity index is 702. The first kappa shape index (κ1) is 9.78. The zero-order valence-corrected chi connectivity index (χ0v) is 9.51. The SMILES string of the molecule is c1cc(-c2nc3c4c(ncc3[nH]2)CCOC4)on1. The molecule has 4 rings (SSSR count). The van der Waals surface area contributed by atoms with Gasteiger partial charge in [-0.25, -0.2) is 4.98 Å². The third kappa shape index (κ3) is 1.36. The molecule has 1 aliphatic heterocycles. The molecule has 0 aliphatic carbocycles. The van der Waals surface area contributed by atoms with Gasteiger partial charge in [-0.2, -0.15) is 0 Å². The zero-order chi connectivity index (χ0) is 11.9. The summed E-state index contributed by atoms with van der Waals surface area (Å²) in [6.07, 6.45) is 4.25. The number of pyridine rings is 1. The van der Waals surface area contributed by atoms with Crippen LogP contribution in [0, 0.1) is 0 Å². The summed E-state index contributed by atoms with van der Waals surface area (Å²) in [5.41, 5.74) is 3.95. The maximum Gasteiger partial charge on any atom is 0.202 e. The van der Waals surface area contributed by atoms with Crippen molar-refractivity contribution >= 4 is 11.0 Å². The van der Waals surface area contributed by atoms with Gasteiger partial charge in [0.25, 0.3) is 0 Å². The highest BCUT2D eigenvalue weighted by atomic mass is 16.5. The van der Waals surface area contributed by atoms with Crippen LogP contribution in [0.2, 0.25) is 0 Å². The van der Waals surface area contributed by atoms with Gasteiger partial charge in [0.05, 0.1) is 42.3 Å².